The Kier molecular flexibility index (Phi) is 5.10. The number of pyridine rings is 1. The fourth-order valence-corrected chi connectivity index (χ4v) is 3.04. The molecule has 0 unspecified atom stereocenters. The van der Waals surface area contributed by atoms with Gasteiger partial charge in [0.15, 0.2) is 0 Å². The molecule has 0 aliphatic heterocycles. The van der Waals surface area contributed by atoms with Gasteiger partial charge in [0, 0.05) is 30.4 Å². The number of carbonyl (C=O) groups excluding carboxylic acids is 1. The van der Waals surface area contributed by atoms with Crippen LogP contribution in [0, 0.1) is 0 Å². The van der Waals surface area contributed by atoms with Crippen LogP contribution in [-0.2, 0) is 11.3 Å². The molecule has 0 atom stereocenters. The number of carbonyl (C=O) groups is 1. The van der Waals surface area contributed by atoms with Crippen LogP contribution in [0.1, 0.15) is 30.0 Å². The normalized spacial score (nSPS) is 13.8. The van der Waals surface area contributed by atoms with E-state index in [1.165, 1.54) is 18.5 Å². The van der Waals surface area contributed by atoms with Gasteiger partial charge in [-0.3, -0.25) is 14.5 Å². The molecular weight excluding hydrogens is 336 g/mol. The van der Waals surface area contributed by atoms with E-state index in [-0.39, 0.29) is 5.91 Å². The first-order valence-electron chi connectivity index (χ1n) is 9.30. The predicted molar refractivity (Wildman–Crippen MR) is 106 cm³/mol. The van der Waals surface area contributed by atoms with Crippen LogP contribution in [-0.4, -0.2) is 27.2 Å². The number of benzene rings is 1. The van der Waals surface area contributed by atoms with Gasteiger partial charge in [-0.05, 0) is 42.7 Å². The van der Waals surface area contributed by atoms with Crippen molar-refractivity contribution in [2.75, 3.05) is 6.54 Å². The summed E-state index contributed by atoms with van der Waals surface area (Å²) in [7, 11) is 0. The van der Waals surface area contributed by atoms with Crippen molar-refractivity contribution >= 4 is 12.0 Å². The van der Waals surface area contributed by atoms with Gasteiger partial charge in [0.1, 0.15) is 5.69 Å². The molecule has 1 amide bonds. The Labute approximate surface area is 158 Å². The molecule has 4 rings (SSSR count). The summed E-state index contributed by atoms with van der Waals surface area (Å²) in [6.07, 6.45) is 7.58. The molecule has 1 N–H and O–H groups in total. The van der Waals surface area contributed by atoms with E-state index >= 15 is 0 Å². The molecule has 1 aromatic carbocycles. The Morgan fingerprint density at radius 1 is 1.11 bits per heavy atom. The van der Waals surface area contributed by atoms with Gasteiger partial charge >= 0.3 is 0 Å². The molecule has 1 saturated carbocycles. The van der Waals surface area contributed by atoms with Crippen LogP contribution in [0.25, 0.3) is 17.5 Å². The molecule has 2 aromatic heterocycles. The van der Waals surface area contributed by atoms with Crippen molar-refractivity contribution in [2.24, 2.45) is 0 Å². The fraction of sp³-hybridized carbons (Fsp3) is 0.227. The number of hydrogen-bond donors (Lipinski definition) is 1. The summed E-state index contributed by atoms with van der Waals surface area (Å²) in [5.41, 5.74) is 4.03. The lowest BCUT2D eigenvalue weighted by Crippen LogP contribution is -2.26. The average molecular weight is 358 g/mol. The molecule has 1 fully saturated rings. The highest BCUT2D eigenvalue weighted by Crippen LogP contribution is 2.41. The van der Waals surface area contributed by atoms with Crippen molar-refractivity contribution in [3.05, 3.63) is 78.1 Å². The van der Waals surface area contributed by atoms with E-state index < -0.39 is 0 Å². The molecule has 0 bridgehead atoms. The van der Waals surface area contributed by atoms with Crippen LogP contribution < -0.4 is 5.32 Å². The highest BCUT2D eigenvalue weighted by molar-refractivity contribution is 5.91. The minimum atomic E-state index is -0.0936. The third-order valence-corrected chi connectivity index (χ3v) is 4.58. The van der Waals surface area contributed by atoms with Crippen LogP contribution in [0.15, 0.2) is 66.9 Å². The maximum Gasteiger partial charge on any atom is 0.244 e. The SMILES string of the molecule is O=C(C=Cc1ccccc1)NCCn1nc(-c2ccccn2)cc1C1CC1. The molecule has 2 heterocycles. The monoisotopic (exact) mass is 358 g/mol. The van der Waals surface area contributed by atoms with E-state index in [1.54, 1.807) is 12.3 Å². The quantitative estimate of drug-likeness (QED) is 0.656. The van der Waals surface area contributed by atoms with Crippen LogP contribution in [0.4, 0.5) is 0 Å². The van der Waals surface area contributed by atoms with E-state index in [4.69, 9.17) is 5.10 Å². The second kappa shape index (κ2) is 7.99. The number of rotatable bonds is 7. The van der Waals surface area contributed by atoms with E-state index in [2.05, 4.69) is 16.4 Å². The van der Waals surface area contributed by atoms with Gasteiger partial charge in [0.25, 0.3) is 0 Å². The van der Waals surface area contributed by atoms with Gasteiger partial charge < -0.3 is 5.32 Å². The summed E-state index contributed by atoms with van der Waals surface area (Å²) in [6, 6.07) is 17.8. The van der Waals surface area contributed by atoms with Crippen molar-refractivity contribution in [3.63, 3.8) is 0 Å². The summed E-state index contributed by atoms with van der Waals surface area (Å²) in [4.78, 5) is 16.4. The van der Waals surface area contributed by atoms with Gasteiger partial charge in [0.2, 0.25) is 5.91 Å². The summed E-state index contributed by atoms with van der Waals surface area (Å²) in [5.74, 6) is 0.493. The lowest BCUT2D eigenvalue weighted by Gasteiger charge is -2.07. The lowest BCUT2D eigenvalue weighted by molar-refractivity contribution is -0.116. The standard InChI is InChI=1S/C22H22N4O/c27-22(12-9-17-6-2-1-3-7-17)24-14-15-26-21(18-10-11-18)16-20(25-26)19-8-4-5-13-23-19/h1-9,12-13,16,18H,10-11,14-15H2,(H,24,27). The summed E-state index contributed by atoms with van der Waals surface area (Å²) < 4.78 is 2.02. The van der Waals surface area contributed by atoms with E-state index in [0.717, 1.165) is 17.0 Å². The first kappa shape index (κ1) is 17.2. The minimum Gasteiger partial charge on any atom is -0.351 e. The van der Waals surface area contributed by atoms with Gasteiger partial charge in [-0.25, -0.2) is 0 Å². The van der Waals surface area contributed by atoms with Gasteiger partial charge in [0.05, 0.1) is 12.2 Å². The molecule has 0 radical (unpaired) electrons. The minimum absolute atomic E-state index is 0.0936. The average Bonchev–Trinajstić information content (AvgIpc) is 3.48. The first-order chi connectivity index (χ1) is 13.3. The Morgan fingerprint density at radius 2 is 1.93 bits per heavy atom. The summed E-state index contributed by atoms with van der Waals surface area (Å²) in [6.45, 7) is 1.20. The molecule has 27 heavy (non-hydrogen) atoms. The second-order valence-corrected chi connectivity index (χ2v) is 6.70. The zero-order valence-corrected chi connectivity index (χ0v) is 15.1. The van der Waals surface area contributed by atoms with Crippen LogP contribution in [0.5, 0.6) is 0 Å². The Balaban J connectivity index is 1.37. The largest absolute Gasteiger partial charge is 0.351 e. The molecule has 3 aromatic rings. The van der Waals surface area contributed by atoms with Crippen LogP contribution in [0.3, 0.4) is 0 Å². The molecular formula is C22H22N4O. The molecule has 1 aliphatic rings. The number of aromatic nitrogens is 3. The van der Waals surface area contributed by atoms with Crippen molar-refractivity contribution < 1.29 is 4.79 Å². The summed E-state index contributed by atoms with van der Waals surface area (Å²) in [5, 5.41) is 7.65. The highest BCUT2D eigenvalue weighted by atomic mass is 16.1. The predicted octanol–water partition coefficient (Wildman–Crippen LogP) is 3.65. The summed E-state index contributed by atoms with van der Waals surface area (Å²) >= 11 is 0. The van der Waals surface area contributed by atoms with E-state index in [0.29, 0.717) is 19.0 Å². The van der Waals surface area contributed by atoms with Crippen LogP contribution >= 0.6 is 0 Å². The molecule has 0 saturated heterocycles. The molecule has 1 aliphatic carbocycles. The van der Waals surface area contributed by atoms with Gasteiger partial charge in [-0.2, -0.15) is 5.10 Å². The van der Waals surface area contributed by atoms with Crippen molar-refractivity contribution in [1.29, 1.82) is 0 Å². The van der Waals surface area contributed by atoms with E-state index in [9.17, 15) is 4.79 Å². The van der Waals surface area contributed by atoms with Gasteiger partial charge in [-0.1, -0.05) is 36.4 Å². The third kappa shape index (κ3) is 4.50. The molecule has 0 spiro atoms. The molecule has 5 nitrogen and oxygen atoms in total. The van der Waals surface area contributed by atoms with Crippen LogP contribution in [0.2, 0.25) is 0 Å². The Morgan fingerprint density at radius 3 is 2.67 bits per heavy atom. The Bertz CT molecular complexity index is 927. The number of amides is 1. The topological polar surface area (TPSA) is 59.8 Å². The first-order valence-corrected chi connectivity index (χ1v) is 9.30. The number of nitrogens with zero attached hydrogens (tertiary/aromatic N) is 3. The van der Waals surface area contributed by atoms with Gasteiger partial charge in [-0.15, -0.1) is 0 Å². The molecule has 136 valence electrons. The number of nitrogens with one attached hydrogen (secondary N) is 1. The second-order valence-electron chi connectivity index (χ2n) is 6.70. The molecule has 5 heteroatoms. The Hall–Kier alpha value is -3.21. The maximum absolute atomic E-state index is 12.0. The zero-order chi connectivity index (χ0) is 18.5. The smallest absolute Gasteiger partial charge is 0.244 e. The van der Waals surface area contributed by atoms with Crippen molar-refractivity contribution in [2.45, 2.75) is 25.3 Å². The van der Waals surface area contributed by atoms with Crippen molar-refractivity contribution in [1.82, 2.24) is 20.1 Å². The highest BCUT2D eigenvalue weighted by Gasteiger charge is 2.28. The fourth-order valence-electron chi connectivity index (χ4n) is 3.04. The van der Waals surface area contributed by atoms with Crippen molar-refractivity contribution in [3.8, 4) is 11.4 Å². The maximum atomic E-state index is 12.0. The zero-order valence-electron chi connectivity index (χ0n) is 15.1. The van der Waals surface area contributed by atoms with E-state index in [1.807, 2.05) is 59.3 Å². The third-order valence-electron chi connectivity index (χ3n) is 4.58. The number of hydrogen-bond acceptors (Lipinski definition) is 3. The lowest BCUT2D eigenvalue weighted by atomic mass is 10.2.